The summed E-state index contributed by atoms with van der Waals surface area (Å²) in [5.74, 6) is 0. The van der Waals surface area contributed by atoms with E-state index in [0.717, 1.165) is 16.8 Å². The van der Waals surface area contributed by atoms with Gasteiger partial charge >= 0.3 is 0 Å². The van der Waals surface area contributed by atoms with Crippen LogP contribution < -0.4 is 5.43 Å². The summed E-state index contributed by atoms with van der Waals surface area (Å²) in [6.07, 6.45) is 0. The maximum Gasteiger partial charge on any atom is 0.0647 e. The monoisotopic (exact) mass is 320 g/mol. The highest BCUT2D eigenvalue weighted by Gasteiger charge is 2.05. The van der Waals surface area contributed by atoms with Gasteiger partial charge in [0, 0.05) is 21.2 Å². The first kappa shape index (κ1) is 15.9. The van der Waals surface area contributed by atoms with E-state index in [-0.39, 0.29) is 0 Å². The van der Waals surface area contributed by atoms with E-state index in [9.17, 15) is 0 Å². The first-order valence-electron chi connectivity index (χ1n) is 6.76. The summed E-state index contributed by atoms with van der Waals surface area (Å²) in [6, 6.07) is 11.8. The van der Waals surface area contributed by atoms with Gasteiger partial charge in [-0.3, -0.25) is 0 Å². The molecule has 0 saturated carbocycles. The van der Waals surface area contributed by atoms with Crippen molar-refractivity contribution in [3.05, 3.63) is 68.7 Å². The molecule has 0 fully saturated rings. The van der Waals surface area contributed by atoms with Crippen molar-refractivity contribution >= 4 is 28.9 Å². The van der Waals surface area contributed by atoms with E-state index in [1.54, 1.807) is 0 Å². The van der Waals surface area contributed by atoms with Gasteiger partial charge in [-0.2, -0.15) is 5.10 Å². The minimum atomic E-state index is 0.501. The lowest BCUT2D eigenvalue weighted by atomic mass is 10.0. The fraction of sp³-hybridized carbons (Fsp3) is 0.235. The van der Waals surface area contributed by atoms with E-state index in [4.69, 9.17) is 23.2 Å². The third-order valence-electron chi connectivity index (χ3n) is 3.34. The number of rotatable bonds is 4. The maximum atomic E-state index is 6.13. The van der Waals surface area contributed by atoms with E-state index in [0.29, 0.717) is 16.6 Å². The van der Waals surface area contributed by atoms with Crippen LogP contribution in [0.5, 0.6) is 0 Å². The Morgan fingerprint density at radius 1 is 1.10 bits per heavy atom. The number of hydrogen-bond donors (Lipinski definition) is 1. The van der Waals surface area contributed by atoms with Crippen molar-refractivity contribution in [1.82, 2.24) is 5.43 Å². The third kappa shape index (κ3) is 3.99. The Morgan fingerprint density at radius 2 is 1.76 bits per heavy atom. The van der Waals surface area contributed by atoms with Gasteiger partial charge < -0.3 is 5.43 Å². The fourth-order valence-corrected chi connectivity index (χ4v) is 2.75. The van der Waals surface area contributed by atoms with Crippen LogP contribution in [-0.2, 0) is 6.54 Å². The molecule has 0 aliphatic carbocycles. The van der Waals surface area contributed by atoms with Crippen molar-refractivity contribution in [1.29, 1.82) is 0 Å². The molecule has 0 amide bonds. The third-order valence-corrected chi connectivity index (χ3v) is 4.04. The summed E-state index contributed by atoms with van der Waals surface area (Å²) >= 11 is 12.3. The molecule has 0 atom stereocenters. The molecule has 1 N–H and O–H groups in total. The van der Waals surface area contributed by atoms with Gasteiger partial charge in [-0.15, -0.1) is 0 Å². The highest BCUT2D eigenvalue weighted by Crippen LogP contribution is 2.23. The molecule has 110 valence electrons. The Labute approximate surface area is 135 Å². The van der Waals surface area contributed by atoms with Crippen molar-refractivity contribution in [2.24, 2.45) is 5.10 Å². The summed E-state index contributed by atoms with van der Waals surface area (Å²) in [7, 11) is 0. The Bertz CT molecular complexity index is 658. The van der Waals surface area contributed by atoms with Crippen LogP contribution >= 0.6 is 23.2 Å². The molecule has 0 heterocycles. The van der Waals surface area contributed by atoms with Crippen LogP contribution in [0.2, 0.25) is 10.0 Å². The van der Waals surface area contributed by atoms with Crippen LogP contribution in [0.4, 0.5) is 0 Å². The van der Waals surface area contributed by atoms with Crippen molar-refractivity contribution < 1.29 is 0 Å². The largest absolute Gasteiger partial charge is 0.305 e. The Morgan fingerprint density at radius 3 is 2.38 bits per heavy atom. The second-order valence-corrected chi connectivity index (χ2v) is 5.87. The molecule has 2 aromatic carbocycles. The van der Waals surface area contributed by atoms with Crippen LogP contribution in [0.1, 0.15) is 29.2 Å². The standard InChI is InChI=1S/C17H18Cl2N2/c1-11-7-8-14(12(2)9-11)13(3)21-20-10-15-16(18)5-4-6-17(15)19/h4-9,20H,10H2,1-3H3/b21-13+. The quantitative estimate of drug-likeness (QED) is 0.613. The zero-order valence-electron chi connectivity index (χ0n) is 12.4. The Balaban J connectivity index is 2.11. The van der Waals surface area contributed by atoms with Gasteiger partial charge in [-0.1, -0.05) is 53.0 Å². The van der Waals surface area contributed by atoms with E-state index in [1.807, 2.05) is 25.1 Å². The maximum absolute atomic E-state index is 6.13. The summed E-state index contributed by atoms with van der Waals surface area (Å²) < 4.78 is 0. The van der Waals surface area contributed by atoms with E-state index in [2.05, 4.69) is 42.6 Å². The number of hydrogen-bond acceptors (Lipinski definition) is 2. The van der Waals surface area contributed by atoms with Crippen LogP contribution in [0.15, 0.2) is 41.5 Å². The molecular formula is C17H18Cl2N2. The molecule has 21 heavy (non-hydrogen) atoms. The zero-order chi connectivity index (χ0) is 15.4. The smallest absolute Gasteiger partial charge is 0.0647 e. The molecule has 2 rings (SSSR count). The number of nitrogens with zero attached hydrogens (tertiary/aromatic N) is 1. The van der Waals surface area contributed by atoms with Gasteiger partial charge in [-0.05, 0) is 38.5 Å². The first-order valence-corrected chi connectivity index (χ1v) is 7.52. The average Bonchev–Trinajstić information content (AvgIpc) is 2.42. The Kier molecular flexibility index (Phi) is 5.27. The summed E-state index contributed by atoms with van der Waals surface area (Å²) in [5, 5.41) is 5.71. The highest BCUT2D eigenvalue weighted by atomic mass is 35.5. The highest BCUT2D eigenvalue weighted by molar-refractivity contribution is 6.35. The molecule has 0 radical (unpaired) electrons. The van der Waals surface area contributed by atoms with Gasteiger partial charge in [0.05, 0.1) is 12.3 Å². The number of halogens is 2. The molecule has 0 spiro atoms. The number of nitrogens with one attached hydrogen (secondary N) is 1. The molecule has 0 aliphatic rings. The Hall–Kier alpha value is -1.51. The van der Waals surface area contributed by atoms with Crippen molar-refractivity contribution in [2.45, 2.75) is 27.3 Å². The second kappa shape index (κ2) is 6.97. The van der Waals surface area contributed by atoms with Gasteiger partial charge in [-0.25, -0.2) is 0 Å². The van der Waals surface area contributed by atoms with Crippen LogP contribution in [0.25, 0.3) is 0 Å². The summed E-state index contributed by atoms with van der Waals surface area (Å²) in [6.45, 7) is 6.66. The second-order valence-electron chi connectivity index (χ2n) is 5.05. The molecule has 0 aromatic heterocycles. The topological polar surface area (TPSA) is 24.4 Å². The van der Waals surface area contributed by atoms with Crippen molar-refractivity contribution in [3.63, 3.8) is 0 Å². The van der Waals surface area contributed by atoms with Crippen LogP contribution in [0.3, 0.4) is 0 Å². The average molecular weight is 321 g/mol. The predicted molar refractivity (Wildman–Crippen MR) is 91.4 cm³/mol. The fourth-order valence-electron chi connectivity index (χ4n) is 2.22. The van der Waals surface area contributed by atoms with Crippen LogP contribution in [0, 0.1) is 13.8 Å². The van der Waals surface area contributed by atoms with E-state index in [1.165, 1.54) is 11.1 Å². The first-order chi connectivity index (χ1) is 9.99. The molecule has 2 nitrogen and oxygen atoms in total. The molecule has 0 aliphatic heterocycles. The van der Waals surface area contributed by atoms with Crippen molar-refractivity contribution in [3.8, 4) is 0 Å². The summed E-state index contributed by atoms with van der Waals surface area (Å²) in [5.41, 5.74) is 8.45. The van der Waals surface area contributed by atoms with Gasteiger partial charge in [0.25, 0.3) is 0 Å². The molecule has 2 aromatic rings. The SMILES string of the molecule is C/C(=N\NCc1c(Cl)cccc1Cl)c1ccc(C)cc1C. The lowest BCUT2D eigenvalue weighted by molar-refractivity contribution is 0.744. The van der Waals surface area contributed by atoms with E-state index < -0.39 is 0 Å². The molecule has 0 bridgehead atoms. The predicted octanol–water partition coefficient (Wildman–Crippen LogP) is 5.12. The summed E-state index contributed by atoms with van der Waals surface area (Å²) in [4.78, 5) is 0. The number of benzene rings is 2. The van der Waals surface area contributed by atoms with Gasteiger partial charge in [0.15, 0.2) is 0 Å². The molecule has 0 saturated heterocycles. The molecule has 4 heteroatoms. The molecule has 0 unspecified atom stereocenters. The minimum absolute atomic E-state index is 0.501. The van der Waals surface area contributed by atoms with Crippen molar-refractivity contribution in [2.75, 3.05) is 0 Å². The normalized spacial score (nSPS) is 11.6. The van der Waals surface area contributed by atoms with Gasteiger partial charge in [0.2, 0.25) is 0 Å². The lowest BCUT2D eigenvalue weighted by Gasteiger charge is -2.09. The van der Waals surface area contributed by atoms with Gasteiger partial charge in [0.1, 0.15) is 0 Å². The molecular weight excluding hydrogens is 303 g/mol. The lowest BCUT2D eigenvalue weighted by Crippen LogP contribution is -2.11. The van der Waals surface area contributed by atoms with Crippen LogP contribution in [-0.4, -0.2) is 5.71 Å². The minimum Gasteiger partial charge on any atom is -0.305 e. The number of hydrazone groups is 1. The zero-order valence-corrected chi connectivity index (χ0v) is 13.9. The number of aryl methyl sites for hydroxylation is 2. The van der Waals surface area contributed by atoms with E-state index >= 15 is 0 Å².